The molecule has 1 saturated heterocycles. The molecule has 1 aliphatic rings. The van der Waals surface area contributed by atoms with Gasteiger partial charge in [0.1, 0.15) is 6.61 Å². The highest BCUT2D eigenvalue weighted by Crippen LogP contribution is 2.27. The zero-order valence-corrected chi connectivity index (χ0v) is 18.8. The Balaban J connectivity index is 1.32. The molecule has 0 unspecified atom stereocenters. The summed E-state index contributed by atoms with van der Waals surface area (Å²) in [6.07, 6.45) is 2.01. The lowest BCUT2D eigenvalue weighted by Crippen LogP contribution is -2.48. The number of ether oxygens (including phenoxy) is 1. The highest BCUT2D eigenvalue weighted by molar-refractivity contribution is 5.94. The number of halogens is 4. The van der Waals surface area contributed by atoms with Crippen LogP contribution in [0.2, 0.25) is 0 Å². The third-order valence-corrected chi connectivity index (χ3v) is 5.82. The number of hydrogen-bond acceptors (Lipinski definition) is 4. The van der Waals surface area contributed by atoms with Gasteiger partial charge in [-0.3, -0.25) is 14.4 Å². The van der Waals surface area contributed by atoms with Crippen LogP contribution in [0, 0.1) is 30.2 Å². The van der Waals surface area contributed by atoms with Crippen molar-refractivity contribution in [3.05, 3.63) is 82.2 Å². The molecular formula is C24H24F4N4O2. The first-order valence-electron chi connectivity index (χ1n) is 10.8. The maximum absolute atomic E-state index is 13.7. The first-order chi connectivity index (χ1) is 16.2. The Morgan fingerprint density at radius 2 is 1.62 bits per heavy atom. The molecule has 3 aromatic rings. The van der Waals surface area contributed by atoms with E-state index in [4.69, 9.17) is 4.74 Å². The molecule has 1 fully saturated rings. The third-order valence-electron chi connectivity index (χ3n) is 5.82. The number of amides is 1. The number of piperazine rings is 1. The molecule has 0 atom stereocenters. The fraction of sp³-hybridized carbons (Fsp3) is 0.333. The SMILES string of the molecule is Cc1nn(C)cc1CN1CCN(C(=O)c2ccc(COc3c(F)c(F)cc(F)c3F)cc2)CC1. The van der Waals surface area contributed by atoms with Crippen molar-refractivity contribution in [3.63, 3.8) is 0 Å². The number of aromatic nitrogens is 2. The molecule has 10 heteroatoms. The van der Waals surface area contributed by atoms with Crippen LogP contribution in [0.15, 0.2) is 36.5 Å². The number of carbonyl (C=O) groups excluding carboxylic acids is 1. The second-order valence-corrected chi connectivity index (χ2v) is 8.26. The average molecular weight is 476 g/mol. The van der Waals surface area contributed by atoms with Gasteiger partial charge in [0, 0.05) is 63.2 Å². The standard InChI is InChI=1S/C24H24F4N4O2/c1-15-18(12-30(2)29-15)13-31-7-9-32(10-8-31)24(33)17-5-3-16(4-6-17)14-34-23-21(27)19(25)11-20(26)22(23)28/h3-6,11-12H,7-10,13-14H2,1-2H3. The topological polar surface area (TPSA) is 50.6 Å². The van der Waals surface area contributed by atoms with E-state index in [-0.39, 0.29) is 18.6 Å². The van der Waals surface area contributed by atoms with Crippen molar-refractivity contribution >= 4 is 5.91 Å². The Kier molecular flexibility index (Phi) is 6.87. The third kappa shape index (κ3) is 5.06. The number of nitrogens with zero attached hydrogens (tertiary/aromatic N) is 4. The van der Waals surface area contributed by atoms with Crippen molar-refractivity contribution in [2.75, 3.05) is 26.2 Å². The molecule has 0 spiro atoms. The summed E-state index contributed by atoms with van der Waals surface area (Å²) in [7, 11) is 1.89. The van der Waals surface area contributed by atoms with E-state index in [1.807, 2.05) is 20.2 Å². The minimum absolute atomic E-state index is 0.117. The lowest BCUT2D eigenvalue weighted by atomic mass is 10.1. The molecule has 0 N–H and O–H groups in total. The zero-order chi connectivity index (χ0) is 24.4. The predicted octanol–water partition coefficient (Wildman–Crippen LogP) is 3.82. The summed E-state index contributed by atoms with van der Waals surface area (Å²) in [4.78, 5) is 16.9. The van der Waals surface area contributed by atoms with E-state index < -0.39 is 29.0 Å². The van der Waals surface area contributed by atoms with Crippen molar-refractivity contribution in [1.82, 2.24) is 19.6 Å². The molecule has 2 aromatic carbocycles. The van der Waals surface area contributed by atoms with Crippen molar-refractivity contribution in [3.8, 4) is 5.75 Å². The van der Waals surface area contributed by atoms with Crippen LogP contribution in [0.1, 0.15) is 27.2 Å². The van der Waals surface area contributed by atoms with Gasteiger partial charge >= 0.3 is 0 Å². The molecule has 4 rings (SSSR count). The van der Waals surface area contributed by atoms with E-state index in [1.165, 1.54) is 5.56 Å². The molecule has 1 aliphatic heterocycles. The van der Waals surface area contributed by atoms with E-state index in [0.29, 0.717) is 24.2 Å². The van der Waals surface area contributed by atoms with Crippen LogP contribution >= 0.6 is 0 Å². The average Bonchev–Trinajstić information content (AvgIpc) is 3.14. The molecule has 1 amide bonds. The van der Waals surface area contributed by atoms with Gasteiger partial charge in [0.05, 0.1) is 5.69 Å². The predicted molar refractivity (Wildman–Crippen MR) is 116 cm³/mol. The number of benzene rings is 2. The van der Waals surface area contributed by atoms with Crippen LogP contribution in [0.4, 0.5) is 17.6 Å². The van der Waals surface area contributed by atoms with Crippen molar-refractivity contribution < 1.29 is 27.1 Å². The van der Waals surface area contributed by atoms with Crippen LogP contribution in [0.25, 0.3) is 0 Å². The Bertz CT molecular complexity index is 1160. The molecule has 1 aromatic heterocycles. The Labute approximate surface area is 194 Å². The summed E-state index contributed by atoms with van der Waals surface area (Å²) < 4.78 is 60.8. The minimum atomic E-state index is -1.59. The Morgan fingerprint density at radius 1 is 1.00 bits per heavy atom. The van der Waals surface area contributed by atoms with Crippen LogP contribution < -0.4 is 4.74 Å². The number of carbonyl (C=O) groups is 1. The van der Waals surface area contributed by atoms with Gasteiger partial charge < -0.3 is 9.64 Å². The van der Waals surface area contributed by atoms with Gasteiger partial charge in [-0.25, -0.2) is 8.78 Å². The Hall–Kier alpha value is -3.40. The number of aryl methyl sites for hydroxylation is 2. The summed E-state index contributed by atoms with van der Waals surface area (Å²) in [6, 6.07) is 6.44. The molecule has 180 valence electrons. The van der Waals surface area contributed by atoms with E-state index in [1.54, 1.807) is 33.8 Å². The second-order valence-electron chi connectivity index (χ2n) is 8.26. The van der Waals surface area contributed by atoms with E-state index in [9.17, 15) is 22.4 Å². The molecule has 34 heavy (non-hydrogen) atoms. The van der Waals surface area contributed by atoms with Crippen LogP contribution in [0.3, 0.4) is 0 Å². The van der Waals surface area contributed by atoms with Gasteiger partial charge in [0.2, 0.25) is 11.6 Å². The molecule has 0 aliphatic carbocycles. The van der Waals surface area contributed by atoms with Crippen molar-refractivity contribution in [1.29, 1.82) is 0 Å². The van der Waals surface area contributed by atoms with Gasteiger partial charge in [-0.15, -0.1) is 0 Å². The first-order valence-corrected chi connectivity index (χ1v) is 10.8. The van der Waals surface area contributed by atoms with Gasteiger partial charge in [-0.2, -0.15) is 13.9 Å². The van der Waals surface area contributed by atoms with Crippen molar-refractivity contribution in [2.45, 2.75) is 20.1 Å². The highest BCUT2D eigenvalue weighted by atomic mass is 19.2. The minimum Gasteiger partial charge on any atom is -0.483 e. The lowest BCUT2D eigenvalue weighted by Gasteiger charge is -2.34. The normalized spacial score (nSPS) is 14.5. The number of rotatable bonds is 6. The van der Waals surface area contributed by atoms with E-state index in [0.717, 1.165) is 25.3 Å². The van der Waals surface area contributed by atoms with Gasteiger partial charge in [-0.1, -0.05) is 12.1 Å². The summed E-state index contributed by atoms with van der Waals surface area (Å²) in [5, 5.41) is 4.36. The highest BCUT2D eigenvalue weighted by Gasteiger charge is 2.23. The van der Waals surface area contributed by atoms with E-state index in [2.05, 4.69) is 10.00 Å². The maximum atomic E-state index is 13.7. The fourth-order valence-electron chi connectivity index (χ4n) is 3.91. The summed E-state index contributed by atoms with van der Waals surface area (Å²) in [5.41, 5.74) is 3.12. The molecule has 0 radical (unpaired) electrons. The summed E-state index contributed by atoms with van der Waals surface area (Å²) in [6.45, 7) is 5.11. The molecular weight excluding hydrogens is 452 g/mol. The van der Waals surface area contributed by atoms with Crippen LogP contribution in [-0.2, 0) is 20.2 Å². The quantitative estimate of drug-likeness (QED) is 0.401. The molecule has 0 saturated carbocycles. The van der Waals surface area contributed by atoms with E-state index >= 15 is 0 Å². The molecule has 0 bridgehead atoms. The van der Waals surface area contributed by atoms with Gasteiger partial charge in [-0.05, 0) is 24.6 Å². The first kappa shape index (κ1) is 23.7. The summed E-state index contributed by atoms with van der Waals surface area (Å²) in [5.74, 6) is -7.49. The Morgan fingerprint density at radius 3 is 2.18 bits per heavy atom. The van der Waals surface area contributed by atoms with Crippen molar-refractivity contribution in [2.24, 2.45) is 7.05 Å². The fourth-order valence-corrected chi connectivity index (χ4v) is 3.91. The lowest BCUT2D eigenvalue weighted by molar-refractivity contribution is 0.0628. The second kappa shape index (κ2) is 9.84. The summed E-state index contributed by atoms with van der Waals surface area (Å²) >= 11 is 0. The molecule has 2 heterocycles. The van der Waals surface area contributed by atoms with Crippen LogP contribution in [-0.4, -0.2) is 51.7 Å². The largest absolute Gasteiger partial charge is 0.483 e. The number of hydrogen-bond donors (Lipinski definition) is 0. The molecule has 6 nitrogen and oxygen atoms in total. The smallest absolute Gasteiger partial charge is 0.253 e. The van der Waals surface area contributed by atoms with Gasteiger partial charge in [0.15, 0.2) is 17.4 Å². The maximum Gasteiger partial charge on any atom is 0.253 e. The monoisotopic (exact) mass is 476 g/mol. The van der Waals surface area contributed by atoms with Crippen LogP contribution in [0.5, 0.6) is 5.75 Å². The zero-order valence-electron chi connectivity index (χ0n) is 18.8. The van der Waals surface area contributed by atoms with Gasteiger partial charge in [0.25, 0.3) is 5.91 Å².